The largest absolute Gasteiger partial charge is 0.353 e. The number of piperazine rings is 1. The van der Waals surface area contributed by atoms with Crippen LogP contribution in [-0.2, 0) is 16.1 Å². The Morgan fingerprint density at radius 3 is 2.71 bits per heavy atom. The average Bonchev–Trinajstić information content (AvgIpc) is 3.31. The van der Waals surface area contributed by atoms with Gasteiger partial charge in [0.15, 0.2) is 0 Å². The maximum Gasteiger partial charge on any atom is 0.242 e. The van der Waals surface area contributed by atoms with Crippen molar-refractivity contribution in [3.05, 3.63) is 35.6 Å². The van der Waals surface area contributed by atoms with Crippen LogP contribution in [0, 0.1) is 5.82 Å². The zero-order valence-electron chi connectivity index (χ0n) is 11.6. The lowest BCUT2D eigenvalue weighted by atomic mass is 10.1. The first kappa shape index (κ1) is 14.0. The molecule has 1 aromatic carbocycles. The fraction of sp³-hybridized carbons (Fsp3) is 0.467. The molecule has 0 bridgehead atoms. The van der Waals surface area contributed by atoms with Crippen LogP contribution < -0.4 is 10.6 Å². The van der Waals surface area contributed by atoms with Gasteiger partial charge in [-0.25, -0.2) is 4.39 Å². The van der Waals surface area contributed by atoms with Crippen molar-refractivity contribution < 1.29 is 14.0 Å². The van der Waals surface area contributed by atoms with Crippen LogP contribution in [0.5, 0.6) is 0 Å². The third-order valence-electron chi connectivity index (χ3n) is 3.88. The minimum absolute atomic E-state index is 0.0687. The predicted molar refractivity (Wildman–Crippen MR) is 74.8 cm³/mol. The second-order valence-corrected chi connectivity index (χ2v) is 5.53. The number of nitrogens with one attached hydrogen (secondary N) is 2. The van der Waals surface area contributed by atoms with E-state index in [0.29, 0.717) is 5.56 Å². The zero-order valence-corrected chi connectivity index (χ0v) is 11.6. The van der Waals surface area contributed by atoms with Gasteiger partial charge in [-0.3, -0.25) is 14.9 Å². The molecular weight excluding hydrogens is 273 g/mol. The van der Waals surface area contributed by atoms with E-state index in [2.05, 4.69) is 10.6 Å². The molecule has 1 atom stereocenters. The second kappa shape index (κ2) is 5.81. The summed E-state index contributed by atoms with van der Waals surface area (Å²) in [6.45, 7) is 0.717. The van der Waals surface area contributed by atoms with E-state index in [-0.39, 0.29) is 43.3 Å². The minimum Gasteiger partial charge on any atom is -0.353 e. The van der Waals surface area contributed by atoms with E-state index in [1.165, 1.54) is 6.07 Å². The Morgan fingerprint density at radius 2 is 2.10 bits per heavy atom. The summed E-state index contributed by atoms with van der Waals surface area (Å²) in [5.74, 6) is -0.465. The van der Waals surface area contributed by atoms with Crippen molar-refractivity contribution in [3.8, 4) is 0 Å². The van der Waals surface area contributed by atoms with E-state index >= 15 is 0 Å². The standard InChI is InChI=1S/C15H18FN3O2/c16-12-4-2-1-3-10(12)9-19(11-5-6-11)15(21)13-7-18-14(20)8-17-13/h1-4,11,13,17H,5-9H2,(H,18,20). The van der Waals surface area contributed by atoms with Gasteiger partial charge in [0.05, 0.1) is 6.54 Å². The molecule has 2 N–H and O–H groups in total. The molecule has 3 rings (SSSR count). The molecule has 1 saturated heterocycles. The molecule has 2 fully saturated rings. The normalized spacial score (nSPS) is 21.8. The first-order valence-corrected chi connectivity index (χ1v) is 7.19. The highest BCUT2D eigenvalue weighted by Gasteiger charge is 2.37. The molecule has 2 amide bonds. The molecule has 21 heavy (non-hydrogen) atoms. The molecule has 5 nitrogen and oxygen atoms in total. The predicted octanol–water partition coefficient (Wildman–Crippen LogP) is 0.405. The number of nitrogens with zero attached hydrogens (tertiary/aromatic N) is 1. The van der Waals surface area contributed by atoms with E-state index in [1.54, 1.807) is 23.1 Å². The van der Waals surface area contributed by atoms with Gasteiger partial charge in [-0.1, -0.05) is 18.2 Å². The number of amides is 2. The molecule has 0 spiro atoms. The maximum absolute atomic E-state index is 13.8. The van der Waals surface area contributed by atoms with Crippen molar-refractivity contribution in [2.24, 2.45) is 0 Å². The van der Waals surface area contributed by atoms with Crippen molar-refractivity contribution in [2.45, 2.75) is 31.5 Å². The van der Waals surface area contributed by atoms with Crippen LogP contribution in [0.25, 0.3) is 0 Å². The highest BCUT2D eigenvalue weighted by atomic mass is 19.1. The van der Waals surface area contributed by atoms with E-state index in [4.69, 9.17) is 0 Å². The molecule has 1 heterocycles. The molecule has 0 aromatic heterocycles. The zero-order chi connectivity index (χ0) is 14.8. The van der Waals surface area contributed by atoms with Crippen molar-refractivity contribution in [3.63, 3.8) is 0 Å². The lowest BCUT2D eigenvalue weighted by molar-refractivity contribution is -0.136. The number of carbonyl (C=O) groups is 2. The van der Waals surface area contributed by atoms with E-state index in [9.17, 15) is 14.0 Å². The molecule has 2 aliphatic rings. The van der Waals surface area contributed by atoms with E-state index in [0.717, 1.165) is 12.8 Å². The first-order valence-electron chi connectivity index (χ1n) is 7.19. The summed E-state index contributed by atoms with van der Waals surface area (Å²) in [4.78, 5) is 25.5. The molecule has 112 valence electrons. The van der Waals surface area contributed by atoms with Gasteiger partial charge >= 0.3 is 0 Å². The molecule has 1 aliphatic heterocycles. The van der Waals surface area contributed by atoms with Crippen molar-refractivity contribution in [2.75, 3.05) is 13.1 Å². The number of rotatable bonds is 4. The molecule has 6 heteroatoms. The van der Waals surface area contributed by atoms with Gasteiger partial charge in [-0.05, 0) is 18.9 Å². The minimum atomic E-state index is -0.421. The first-order chi connectivity index (χ1) is 10.1. The molecule has 0 radical (unpaired) electrons. The van der Waals surface area contributed by atoms with E-state index in [1.807, 2.05) is 0 Å². The van der Waals surface area contributed by atoms with Crippen molar-refractivity contribution in [1.29, 1.82) is 0 Å². The SMILES string of the molecule is O=C1CNC(C(=O)N(Cc2ccccc2F)C2CC2)CN1. The summed E-state index contributed by atoms with van der Waals surface area (Å²) >= 11 is 0. The average molecular weight is 291 g/mol. The molecule has 1 saturated carbocycles. The summed E-state index contributed by atoms with van der Waals surface area (Å²) in [6.07, 6.45) is 1.92. The maximum atomic E-state index is 13.8. The summed E-state index contributed by atoms with van der Waals surface area (Å²) in [5.41, 5.74) is 0.526. The third kappa shape index (κ3) is 3.21. The van der Waals surface area contributed by atoms with Gasteiger partial charge in [0.25, 0.3) is 0 Å². The van der Waals surface area contributed by atoms with Crippen LogP contribution in [0.1, 0.15) is 18.4 Å². The Kier molecular flexibility index (Phi) is 3.88. The molecule has 1 unspecified atom stereocenters. The summed E-state index contributed by atoms with van der Waals surface area (Å²) < 4.78 is 13.8. The Labute approximate surface area is 122 Å². The van der Waals surface area contributed by atoms with Crippen LogP contribution in [0.2, 0.25) is 0 Å². The van der Waals surface area contributed by atoms with E-state index < -0.39 is 6.04 Å². The Bertz CT molecular complexity index is 550. The number of benzene rings is 1. The fourth-order valence-electron chi connectivity index (χ4n) is 2.52. The Morgan fingerprint density at radius 1 is 1.33 bits per heavy atom. The summed E-state index contributed by atoms with van der Waals surface area (Å²) in [7, 11) is 0. The number of halogens is 1. The monoisotopic (exact) mass is 291 g/mol. The topological polar surface area (TPSA) is 61.4 Å². The smallest absolute Gasteiger partial charge is 0.242 e. The van der Waals surface area contributed by atoms with Gasteiger partial charge in [-0.2, -0.15) is 0 Å². The Balaban J connectivity index is 1.71. The fourth-order valence-corrected chi connectivity index (χ4v) is 2.52. The number of hydrogen-bond donors (Lipinski definition) is 2. The lowest BCUT2D eigenvalue weighted by Crippen LogP contribution is -2.58. The molecular formula is C15H18FN3O2. The van der Waals surface area contributed by atoms with Gasteiger partial charge in [0.1, 0.15) is 11.9 Å². The van der Waals surface area contributed by atoms with Crippen LogP contribution in [0.4, 0.5) is 4.39 Å². The van der Waals surface area contributed by atoms with Crippen molar-refractivity contribution in [1.82, 2.24) is 15.5 Å². The highest BCUT2D eigenvalue weighted by Crippen LogP contribution is 2.29. The summed E-state index contributed by atoms with van der Waals surface area (Å²) in [5, 5.41) is 5.61. The highest BCUT2D eigenvalue weighted by molar-refractivity contribution is 5.87. The lowest BCUT2D eigenvalue weighted by Gasteiger charge is -2.30. The third-order valence-corrected chi connectivity index (χ3v) is 3.88. The second-order valence-electron chi connectivity index (χ2n) is 5.53. The van der Waals surface area contributed by atoms with Crippen LogP contribution >= 0.6 is 0 Å². The van der Waals surface area contributed by atoms with Crippen molar-refractivity contribution >= 4 is 11.8 Å². The van der Waals surface area contributed by atoms with Gasteiger partial charge in [0, 0.05) is 24.7 Å². The van der Waals surface area contributed by atoms with Gasteiger partial charge < -0.3 is 10.2 Å². The number of carbonyl (C=O) groups excluding carboxylic acids is 2. The molecule has 1 aromatic rings. The van der Waals surface area contributed by atoms with Crippen LogP contribution in [0.3, 0.4) is 0 Å². The van der Waals surface area contributed by atoms with Gasteiger partial charge in [-0.15, -0.1) is 0 Å². The van der Waals surface area contributed by atoms with Crippen LogP contribution in [-0.4, -0.2) is 41.9 Å². The van der Waals surface area contributed by atoms with Crippen LogP contribution in [0.15, 0.2) is 24.3 Å². The number of hydrogen-bond acceptors (Lipinski definition) is 3. The quantitative estimate of drug-likeness (QED) is 0.844. The Hall–Kier alpha value is -1.95. The summed E-state index contributed by atoms with van der Waals surface area (Å²) in [6, 6.07) is 6.29. The molecule has 1 aliphatic carbocycles. The van der Waals surface area contributed by atoms with Gasteiger partial charge in [0.2, 0.25) is 11.8 Å².